The Morgan fingerprint density at radius 1 is 1.15 bits per heavy atom. The molecule has 0 radical (unpaired) electrons. The van der Waals surface area contributed by atoms with Crippen molar-refractivity contribution in [3.8, 4) is 33.1 Å². The van der Waals surface area contributed by atoms with E-state index in [1.54, 1.807) is 26.1 Å². The van der Waals surface area contributed by atoms with Gasteiger partial charge in [0, 0.05) is 52.8 Å². The van der Waals surface area contributed by atoms with Gasteiger partial charge in [0.15, 0.2) is 11.5 Å². The Balaban J connectivity index is 1.82. The fourth-order valence-corrected chi connectivity index (χ4v) is 3.91. The lowest BCUT2D eigenvalue weighted by atomic mass is 10.0. The van der Waals surface area contributed by atoms with Gasteiger partial charge in [-0.3, -0.25) is 10.3 Å². The average Bonchev–Trinajstić information content (AvgIpc) is 3.42. The summed E-state index contributed by atoms with van der Waals surface area (Å²) < 4.78 is 40.9. The number of aryl methyl sites for hydroxylation is 1. The Labute approximate surface area is 195 Å². The molecule has 0 atom stereocenters. The van der Waals surface area contributed by atoms with E-state index in [-0.39, 0.29) is 10.8 Å². The zero-order valence-corrected chi connectivity index (χ0v) is 18.7. The maximum absolute atomic E-state index is 13.2. The molecule has 4 rings (SSSR count). The summed E-state index contributed by atoms with van der Waals surface area (Å²) >= 11 is 0.828. The maximum Gasteiger partial charge on any atom is 0.434 e. The summed E-state index contributed by atoms with van der Waals surface area (Å²) in [7, 11) is 0. The van der Waals surface area contributed by atoms with Crippen molar-refractivity contribution in [3.63, 3.8) is 0 Å². The van der Waals surface area contributed by atoms with Crippen LogP contribution >= 0.6 is 11.3 Å². The van der Waals surface area contributed by atoms with E-state index < -0.39 is 17.9 Å². The van der Waals surface area contributed by atoms with E-state index in [2.05, 4.69) is 35.8 Å². The number of nitrogens with two attached hydrogens (primary N) is 1. The number of halogens is 3. The Morgan fingerprint density at radius 2 is 1.91 bits per heavy atom. The van der Waals surface area contributed by atoms with E-state index >= 15 is 0 Å². The number of amides is 2. The lowest BCUT2D eigenvalue weighted by molar-refractivity contribution is -0.140. The Bertz CT molecular complexity index is 1350. The number of aromatic nitrogens is 6. The summed E-state index contributed by atoms with van der Waals surface area (Å²) in [4.78, 5) is 24.1. The monoisotopic (exact) mass is 489 g/mol. The number of alkyl halides is 3. The molecule has 176 valence electrons. The molecule has 4 aromatic heterocycles. The lowest BCUT2D eigenvalue weighted by Crippen LogP contribution is -2.28. The molecule has 0 saturated carbocycles. The zero-order chi connectivity index (χ0) is 24.5. The number of nitrogen functional groups attached to an aromatic ring is 1. The van der Waals surface area contributed by atoms with Gasteiger partial charge in [0.25, 0.3) is 0 Å². The Hall–Kier alpha value is -4.07. The number of hydrogen-bond acceptors (Lipinski definition) is 8. The molecule has 0 bridgehead atoms. The number of carbonyl (C=O) groups is 1. The second-order valence-corrected chi connectivity index (χ2v) is 7.90. The first-order valence-electron chi connectivity index (χ1n) is 9.88. The highest BCUT2D eigenvalue weighted by Crippen LogP contribution is 2.38. The van der Waals surface area contributed by atoms with Gasteiger partial charge >= 0.3 is 12.2 Å². The van der Waals surface area contributed by atoms with Gasteiger partial charge in [-0.1, -0.05) is 0 Å². The first-order chi connectivity index (χ1) is 16.2. The second-order valence-electron chi connectivity index (χ2n) is 7.04. The smallest absolute Gasteiger partial charge is 0.338 e. The predicted molar refractivity (Wildman–Crippen MR) is 120 cm³/mol. The minimum absolute atomic E-state index is 0.104. The molecule has 4 heterocycles. The minimum Gasteiger partial charge on any atom is -0.338 e. The number of hydrogen-bond donors (Lipinski definition) is 3. The highest BCUT2D eigenvalue weighted by molar-refractivity contribution is 7.13. The van der Waals surface area contributed by atoms with Crippen molar-refractivity contribution in [2.75, 3.05) is 17.7 Å². The summed E-state index contributed by atoms with van der Waals surface area (Å²) in [5.41, 5.74) is 0.873. The van der Waals surface area contributed by atoms with Crippen molar-refractivity contribution in [3.05, 3.63) is 47.6 Å². The van der Waals surface area contributed by atoms with Crippen LogP contribution < -0.4 is 16.5 Å². The zero-order valence-electron chi connectivity index (χ0n) is 17.9. The van der Waals surface area contributed by atoms with Crippen LogP contribution in [0.2, 0.25) is 0 Å². The SMILES string of the molecule is CCNC(=O)Nc1cc(-c2nc(C(F)(F)F)cs2)c(-c2cncc(-c3nnc(C)n3N)c2)cn1. The van der Waals surface area contributed by atoms with Gasteiger partial charge in [-0.25, -0.2) is 19.4 Å². The molecule has 0 spiro atoms. The molecule has 2 amide bonds. The maximum atomic E-state index is 13.2. The van der Waals surface area contributed by atoms with Gasteiger partial charge < -0.3 is 11.2 Å². The lowest BCUT2D eigenvalue weighted by Gasteiger charge is -2.12. The van der Waals surface area contributed by atoms with Gasteiger partial charge in [0.1, 0.15) is 16.6 Å². The summed E-state index contributed by atoms with van der Waals surface area (Å²) in [6.45, 7) is 3.83. The summed E-state index contributed by atoms with van der Waals surface area (Å²) in [6, 6.07) is 2.69. The summed E-state index contributed by atoms with van der Waals surface area (Å²) in [5.74, 6) is 6.97. The Kier molecular flexibility index (Phi) is 6.15. The van der Waals surface area contributed by atoms with Crippen molar-refractivity contribution in [2.24, 2.45) is 0 Å². The van der Waals surface area contributed by atoms with Crippen LogP contribution in [0.25, 0.3) is 33.1 Å². The molecule has 0 fully saturated rings. The number of pyridine rings is 2. The van der Waals surface area contributed by atoms with Crippen molar-refractivity contribution < 1.29 is 18.0 Å². The molecule has 10 nitrogen and oxygen atoms in total. The third-order valence-electron chi connectivity index (χ3n) is 4.68. The third kappa shape index (κ3) is 4.66. The topological polar surface area (TPSA) is 137 Å². The van der Waals surface area contributed by atoms with Gasteiger partial charge in [-0.15, -0.1) is 21.5 Å². The molecule has 14 heteroatoms. The van der Waals surface area contributed by atoms with Gasteiger partial charge in [-0.05, 0) is 26.0 Å². The van der Waals surface area contributed by atoms with E-state index in [1.165, 1.54) is 23.1 Å². The fourth-order valence-electron chi connectivity index (χ4n) is 3.06. The van der Waals surface area contributed by atoms with Gasteiger partial charge in [-0.2, -0.15) is 13.2 Å². The van der Waals surface area contributed by atoms with Crippen LogP contribution in [0.1, 0.15) is 18.4 Å². The van der Waals surface area contributed by atoms with Crippen molar-refractivity contribution in [2.45, 2.75) is 20.0 Å². The normalized spacial score (nSPS) is 11.4. The number of anilines is 1. The van der Waals surface area contributed by atoms with Crippen LogP contribution in [0.3, 0.4) is 0 Å². The molecule has 0 aliphatic rings. The summed E-state index contributed by atoms with van der Waals surface area (Å²) in [5, 5.41) is 14.1. The second kappa shape index (κ2) is 9.05. The van der Waals surface area contributed by atoms with Crippen molar-refractivity contribution in [1.29, 1.82) is 0 Å². The molecule has 0 aliphatic heterocycles. The van der Waals surface area contributed by atoms with E-state index in [1.807, 2.05) is 0 Å². The highest BCUT2D eigenvalue weighted by Gasteiger charge is 2.34. The number of rotatable bonds is 5. The molecule has 0 aromatic carbocycles. The molecule has 0 aliphatic carbocycles. The predicted octanol–water partition coefficient (Wildman–Crippen LogP) is 3.71. The van der Waals surface area contributed by atoms with Crippen LogP contribution in [-0.4, -0.2) is 42.4 Å². The third-order valence-corrected chi connectivity index (χ3v) is 5.56. The quantitative estimate of drug-likeness (QED) is 0.364. The summed E-state index contributed by atoms with van der Waals surface area (Å²) in [6.07, 6.45) is -0.0812. The number of thiazole rings is 1. The molecule has 34 heavy (non-hydrogen) atoms. The number of carbonyl (C=O) groups excluding carboxylic acids is 1. The number of nitrogens with zero attached hydrogens (tertiary/aromatic N) is 6. The molecule has 0 saturated heterocycles. The molecular weight excluding hydrogens is 471 g/mol. The van der Waals surface area contributed by atoms with E-state index in [0.29, 0.717) is 40.4 Å². The molecule has 4 N–H and O–H groups in total. The molecular formula is C20H18F3N9OS. The van der Waals surface area contributed by atoms with Crippen LogP contribution in [0.5, 0.6) is 0 Å². The average molecular weight is 489 g/mol. The minimum atomic E-state index is -4.59. The van der Waals surface area contributed by atoms with Crippen LogP contribution in [0.4, 0.5) is 23.8 Å². The largest absolute Gasteiger partial charge is 0.434 e. The first-order valence-corrected chi connectivity index (χ1v) is 10.8. The van der Waals surface area contributed by atoms with Crippen molar-refractivity contribution in [1.82, 2.24) is 35.1 Å². The fraction of sp³-hybridized carbons (Fsp3) is 0.200. The number of nitrogens with one attached hydrogen (secondary N) is 2. The van der Waals surface area contributed by atoms with Crippen LogP contribution in [0.15, 0.2) is 36.1 Å². The van der Waals surface area contributed by atoms with Crippen molar-refractivity contribution >= 4 is 23.2 Å². The van der Waals surface area contributed by atoms with Crippen LogP contribution in [0, 0.1) is 6.92 Å². The standard InChI is InChI=1S/C20H18F3N9OS/c1-3-26-19(33)29-16-5-13(18-28-15(9-34-18)20(21,22)23)14(8-27-16)11-4-12(7-25-6-11)17-31-30-10(2)32(17)24/h4-9H,3,24H2,1-2H3,(H2,26,27,29,33). The Morgan fingerprint density at radius 3 is 2.56 bits per heavy atom. The van der Waals surface area contributed by atoms with Gasteiger partial charge in [0.05, 0.1) is 0 Å². The van der Waals surface area contributed by atoms with E-state index in [4.69, 9.17) is 5.84 Å². The van der Waals surface area contributed by atoms with E-state index in [9.17, 15) is 18.0 Å². The molecule has 4 aromatic rings. The van der Waals surface area contributed by atoms with E-state index in [0.717, 1.165) is 16.7 Å². The number of urea groups is 1. The van der Waals surface area contributed by atoms with Crippen LogP contribution in [-0.2, 0) is 6.18 Å². The highest BCUT2D eigenvalue weighted by atomic mass is 32.1. The van der Waals surface area contributed by atoms with Gasteiger partial charge in [0.2, 0.25) is 0 Å². The first kappa shape index (κ1) is 23.1. The molecule has 0 unspecified atom stereocenters.